The van der Waals surface area contributed by atoms with Crippen LogP contribution in [0.15, 0.2) is 11.2 Å². The molecule has 0 aromatic carbocycles. The van der Waals surface area contributed by atoms with Crippen molar-refractivity contribution in [2.75, 3.05) is 12.3 Å². The lowest BCUT2D eigenvalue weighted by Crippen LogP contribution is -2.35. The van der Waals surface area contributed by atoms with Crippen LogP contribution in [0.2, 0.25) is 0 Å². The van der Waals surface area contributed by atoms with Crippen molar-refractivity contribution in [3.8, 4) is 0 Å². The molecule has 0 aromatic heterocycles. The summed E-state index contributed by atoms with van der Waals surface area (Å²) in [5.41, 5.74) is 0. The molecule has 5 heteroatoms. The van der Waals surface area contributed by atoms with E-state index in [1.54, 1.807) is 11.8 Å². The van der Waals surface area contributed by atoms with Crippen LogP contribution < -0.4 is 0 Å². The van der Waals surface area contributed by atoms with E-state index in [1.807, 2.05) is 0 Å². The van der Waals surface area contributed by atoms with Gasteiger partial charge >= 0.3 is 0 Å². The summed E-state index contributed by atoms with van der Waals surface area (Å²) in [6, 6.07) is 0.542. The Balaban J connectivity index is 2.10. The summed E-state index contributed by atoms with van der Waals surface area (Å²) in [7, 11) is 0. The van der Waals surface area contributed by atoms with E-state index >= 15 is 0 Å². The lowest BCUT2D eigenvalue weighted by atomic mass is 9.94. The zero-order valence-electron chi connectivity index (χ0n) is 10.1. The fourth-order valence-corrected chi connectivity index (χ4v) is 3.84. The van der Waals surface area contributed by atoms with Gasteiger partial charge in [0.2, 0.25) is 0 Å². The summed E-state index contributed by atoms with van der Waals surface area (Å²) in [6.45, 7) is 0.997. The van der Waals surface area contributed by atoms with Crippen LogP contribution in [0.5, 0.6) is 0 Å². The molecule has 0 aromatic rings. The highest BCUT2D eigenvalue weighted by molar-refractivity contribution is 8.02. The smallest absolute Gasteiger partial charge is 0.264 e. The number of nitro groups is 1. The summed E-state index contributed by atoms with van der Waals surface area (Å²) >= 11 is 1.66. The Morgan fingerprint density at radius 2 is 2.00 bits per heavy atom. The number of rotatable bonds is 2. The predicted octanol–water partition coefficient (Wildman–Crippen LogP) is 3.22. The van der Waals surface area contributed by atoms with E-state index in [0.717, 1.165) is 17.3 Å². The highest BCUT2D eigenvalue weighted by Crippen LogP contribution is 2.33. The third-order valence-corrected chi connectivity index (χ3v) is 4.69. The quantitative estimate of drug-likeness (QED) is 0.562. The van der Waals surface area contributed by atoms with Gasteiger partial charge in [-0.1, -0.05) is 19.3 Å². The summed E-state index contributed by atoms with van der Waals surface area (Å²) in [5.74, 6) is 1.02. The molecule has 0 N–H and O–H groups in total. The van der Waals surface area contributed by atoms with Crippen molar-refractivity contribution in [2.24, 2.45) is 0 Å². The molecule has 1 heterocycles. The molecule has 1 saturated carbocycles. The standard InChI is InChI=1S/C12H20N2O2S/c15-14(16)10-12-13(8-4-5-9-17-12)11-6-2-1-3-7-11/h10-11H,1-9H2. The Labute approximate surface area is 107 Å². The molecule has 0 atom stereocenters. The topological polar surface area (TPSA) is 46.4 Å². The molecule has 0 spiro atoms. The van der Waals surface area contributed by atoms with E-state index < -0.39 is 0 Å². The zero-order valence-corrected chi connectivity index (χ0v) is 11.0. The van der Waals surface area contributed by atoms with Gasteiger partial charge in [0.05, 0.1) is 4.92 Å². The molecule has 0 unspecified atom stereocenters. The minimum Gasteiger partial charge on any atom is -0.358 e. The molecule has 0 radical (unpaired) electrons. The molecule has 0 amide bonds. The molecule has 0 bridgehead atoms. The number of nitrogens with zero attached hydrogens (tertiary/aromatic N) is 2. The highest BCUT2D eigenvalue weighted by Gasteiger charge is 2.26. The van der Waals surface area contributed by atoms with Crippen LogP contribution in [0.25, 0.3) is 0 Å². The second-order valence-electron chi connectivity index (χ2n) is 4.79. The molecular formula is C12H20N2O2S. The van der Waals surface area contributed by atoms with Gasteiger partial charge in [-0.3, -0.25) is 10.1 Å². The Morgan fingerprint density at radius 3 is 2.71 bits per heavy atom. The lowest BCUT2D eigenvalue weighted by molar-refractivity contribution is -0.403. The maximum atomic E-state index is 10.7. The van der Waals surface area contributed by atoms with Crippen molar-refractivity contribution in [1.29, 1.82) is 0 Å². The van der Waals surface area contributed by atoms with Crippen molar-refractivity contribution < 1.29 is 4.92 Å². The van der Waals surface area contributed by atoms with Crippen LogP contribution in [-0.4, -0.2) is 28.2 Å². The first-order valence-electron chi connectivity index (χ1n) is 6.52. The largest absolute Gasteiger partial charge is 0.358 e. The maximum absolute atomic E-state index is 10.7. The summed E-state index contributed by atoms with van der Waals surface area (Å²) in [4.78, 5) is 12.7. The highest BCUT2D eigenvalue weighted by atomic mass is 32.2. The Hall–Kier alpha value is -0.710. The first kappa shape index (κ1) is 12.7. The van der Waals surface area contributed by atoms with Gasteiger partial charge in [0.1, 0.15) is 5.03 Å². The van der Waals surface area contributed by atoms with Gasteiger partial charge in [-0.05, 0) is 31.4 Å². The number of thioether (sulfide) groups is 1. The molecule has 1 aliphatic heterocycles. The molecule has 2 aliphatic rings. The van der Waals surface area contributed by atoms with Gasteiger partial charge < -0.3 is 4.90 Å². The minimum atomic E-state index is -0.302. The van der Waals surface area contributed by atoms with Crippen LogP contribution in [0.1, 0.15) is 44.9 Å². The SMILES string of the molecule is O=[N+]([O-])C=C1SCCCCN1C1CCCCC1. The Kier molecular flexibility index (Phi) is 4.71. The third-order valence-electron chi connectivity index (χ3n) is 3.56. The molecule has 1 saturated heterocycles. The van der Waals surface area contributed by atoms with E-state index in [2.05, 4.69) is 4.90 Å². The van der Waals surface area contributed by atoms with Crippen LogP contribution in [0.4, 0.5) is 0 Å². The van der Waals surface area contributed by atoms with Gasteiger partial charge in [0.15, 0.2) is 0 Å². The van der Waals surface area contributed by atoms with Gasteiger partial charge in [0.25, 0.3) is 6.20 Å². The van der Waals surface area contributed by atoms with Crippen LogP contribution in [0, 0.1) is 10.1 Å². The minimum absolute atomic E-state index is 0.302. The third kappa shape index (κ3) is 3.63. The Bertz CT molecular complexity index is 301. The molecule has 2 fully saturated rings. The van der Waals surface area contributed by atoms with E-state index in [1.165, 1.54) is 51.1 Å². The monoisotopic (exact) mass is 256 g/mol. The predicted molar refractivity (Wildman–Crippen MR) is 70.3 cm³/mol. The van der Waals surface area contributed by atoms with Gasteiger partial charge in [-0.2, -0.15) is 0 Å². The summed E-state index contributed by atoms with van der Waals surface area (Å²) < 4.78 is 0. The van der Waals surface area contributed by atoms with Crippen molar-refractivity contribution in [1.82, 2.24) is 4.90 Å². The number of hydrogen-bond donors (Lipinski definition) is 0. The average Bonchev–Trinajstić information content (AvgIpc) is 2.55. The van der Waals surface area contributed by atoms with Crippen LogP contribution >= 0.6 is 11.8 Å². The van der Waals surface area contributed by atoms with Gasteiger partial charge in [-0.25, -0.2) is 0 Å². The molecule has 96 valence electrons. The second kappa shape index (κ2) is 6.28. The van der Waals surface area contributed by atoms with E-state index in [-0.39, 0.29) is 4.92 Å². The zero-order chi connectivity index (χ0) is 12.1. The lowest BCUT2D eigenvalue weighted by Gasteiger charge is -2.35. The first-order valence-corrected chi connectivity index (χ1v) is 7.50. The second-order valence-corrected chi connectivity index (χ2v) is 5.91. The van der Waals surface area contributed by atoms with Crippen LogP contribution in [-0.2, 0) is 0 Å². The van der Waals surface area contributed by atoms with Crippen molar-refractivity contribution in [3.63, 3.8) is 0 Å². The van der Waals surface area contributed by atoms with Crippen molar-refractivity contribution >= 4 is 11.8 Å². The van der Waals surface area contributed by atoms with Crippen molar-refractivity contribution in [3.05, 3.63) is 21.3 Å². The normalized spacial score (nSPS) is 25.9. The maximum Gasteiger partial charge on any atom is 0.264 e. The molecule has 2 rings (SSSR count). The van der Waals surface area contributed by atoms with Crippen LogP contribution in [0.3, 0.4) is 0 Å². The molecule has 1 aliphatic carbocycles. The first-order chi connectivity index (χ1) is 8.27. The molecule has 4 nitrogen and oxygen atoms in total. The van der Waals surface area contributed by atoms with E-state index in [0.29, 0.717) is 6.04 Å². The summed E-state index contributed by atoms with van der Waals surface area (Å²) in [5, 5.41) is 11.6. The number of hydrogen-bond acceptors (Lipinski definition) is 4. The molecular weight excluding hydrogens is 236 g/mol. The average molecular weight is 256 g/mol. The summed E-state index contributed by atoms with van der Waals surface area (Å²) in [6.07, 6.45) is 9.83. The fourth-order valence-electron chi connectivity index (χ4n) is 2.71. The fraction of sp³-hybridized carbons (Fsp3) is 0.833. The van der Waals surface area contributed by atoms with E-state index in [9.17, 15) is 10.1 Å². The van der Waals surface area contributed by atoms with E-state index in [4.69, 9.17) is 0 Å². The molecule has 17 heavy (non-hydrogen) atoms. The van der Waals surface area contributed by atoms with Crippen molar-refractivity contribution in [2.45, 2.75) is 51.0 Å². The van der Waals surface area contributed by atoms with Gasteiger partial charge in [0, 0.05) is 12.6 Å². The Morgan fingerprint density at radius 1 is 1.24 bits per heavy atom. The van der Waals surface area contributed by atoms with Gasteiger partial charge in [-0.15, -0.1) is 11.8 Å².